The Bertz CT molecular complexity index is 1070. The summed E-state index contributed by atoms with van der Waals surface area (Å²) in [6.45, 7) is 3.97. The van der Waals surface area contributed by atoms with E-state index >= 15 is 0 Å². The van der Waals surface area contributed by atoms with E-state index in [0.717, 1.165) is 77.0 Å². The van der Waals surface area contributed by atoms with Gasteiger partial charge in [0.25, 0.3) is 0 Å². The molecule has 0 rings (SSSR count). The number of phosphoric acid groups is 1. The van der Waals surface area contributed by atoms with Crippen LogP contribution in [-0.4, -0.2) is 47.8 Å². The van der Waals surface area contributed by atoms with Gasteiger partial charge in [-0.05, 0) is 70.6 Å². The van der Waals surface area contributed by atoms with Gasteiger partial charge in [0.15, 0.2) is 0 Å². The first-order chi connectivity index (χ1) is 26.4. The number of hydrogen-bond acceptors (Lipinski definition) is 6. The van der Waals surface area contributed by atoms with Gasteiger partial charge in [-0.15, -0.1) is 0 Å². The van der Waals surface area contributed by atoms with Crippen LogP contribution in [-0.2, 0) is 18.4 Å². The molecular weight excluding hydrogens is 695 g/mol. The number of rotatable bonds is 39. The molecule has 0 spiro atoms. The van der Waals surface area contributed by atoms with E-state index in [1.807, 2.05) is 6.08 Å². The number of aliphatic hydroxyl groups is 1. The van der Waals surface area contributed by atoms with E-state index in [2.05, 4.69) is 79.9 Å². The molecule has 5 N–H and O–H groups in total. The predicted octanol–water partition coefficient (Wildman–Crippen LogP) is 12.1. The zero-order valence-corrected chi connectivity index (χ0v) is 35.3. The first kappa shape index (κ1) is 51.9. The number of unbranched alkanes of at least 4 members (excludes halogenated alkanes) is 17. The number of phosphoric ester groups is 1. The Labute approximate surface area is 331 Å². The van der Waals surface area contributed by atoms with Crippen molar-refractivity contribution in [3.8, 4) is 0 Å². The highest BCUT2D eigenvalue weighted by molar-refractivity contribution is 7.47. The lowest BCUT2D eigenvalue weighted by Gasteiger charge is -2.23. The second kappa shape index (κ2) is 40.6. The van der Waals surface area contributed by atoms with Crippen LogP contribution in [0.5, 0.6) is 0 Å². The number of nitrogens with two attached hydrogens (primary N) is 1. The quantitative estimate of drug-likeness (QED) is 0.0278. The highest BCUT2D eigenvalue weighted by Gasteiger charge is 2.26. The lowest BCUT2D eigenvalue weighted by molar-refractivity contribution is -0.123. The molecule has 0 saturated carbocycles. The van der Waals surface area contributed by atoms with E-state index < -0.39 is 20.0 Å². The van der Waals surface area contributed by atoms with Crippen LogP contribution in [0.15, 0.2) is 72.9 Å². The van der Waals surface area contributed by atoms with Gasteiger partial charge in [0, 0.05) is 13.0 Å². The Morgan fingerprint density at radius 3 is 1.65 bits per heavy atom. The van der Waals surface area contributed by atoms with Crippen LogP contribution in [0.3, 0.4) is 0 Å². The molecule has 0 bridgehead atoms. The van der Waals surface area contributed by atoms with E-state index in [4.69, 9.17) is 14.8 Å². The van der Waals surface area contributed by atoms with Crippen molar-refractivity contribution in [2.75, 3.05) is 19.8 Å². The summed E-state index contributed by atoms with van der Waals surface area (Å²) in [6, 6.07) is -0.888. The van der Waals surface area contributed by atoms with Crippen LogP contribution in [0.4, 0.5) is 0 Å². The molecule has 0 aromatic carbocycles. The zero-order valence-electron chi connectivity index (χ0n) is 34.4. The van der Waals surface area contributed by atoms with Gasteiger partial charge in [0.2, 0.25) is 5.91 Å². The highest BCUT2D eigenvalue weighted by atomic mass is 31.2. The van der Waals surface area contributed by atoms with E-state index in [0.29, 0.717) is 6.42 Å². The van der Waals surface area contributed by atoms with Crippen molar-refractivity contribution in [3.05, 3.63) is 72.9 Å². The highest BCUT2D eigenvalue weighted by Crippen LogP contribution is 2.43. The Balaban J connectivity index is 4.31. The monoisotopic (exact) mass is 777 g/mol. The fourth-order valence-electron chi connectivity index (χ4n) is 5.78. The molecule has 312 valence electrons. The first-order valence-electron chi connectivity index (χ1n) is 21.6. The summed E-state index contributed by atoms with van der Waals surface area (Å²) in [5.41, 5.74) is 5.37. The standard InChI is InChI=1S/C45H81N2O6P/c1-3-5-7-9-11-13-15-17-19-21-22-23-25-27-29-31-33-35-37-39-45(49)47-43(42-53-54(50,51)52-41-40-46)44(48)38-36-34-32-30-28-26-24-20-18-16-14-12-10-8-6-4-2/h5,7,11,13,17,19,22-23,28,30,36,38,43-44,48H,3-4,6,8-10,12,14-16,18,20-21,24-27,29,31-35,37,39-42,46H2,1-2H3,(H,47,49)(H,50,51)/b7-5-,13-11-,19-17-,23-22-,30-28+,38-36+. The van der Waals surface area contributed by atoms with Crippen LogP contribution in [0.1, 0.15) is 174 Å². The van der Waals surface area contributed by atoms with Crippen LogP contribution in [0.25, 0.3) is 0 Å². The summed E-state index contributed by atoms with van der Waals surface area (Å²) >= 11 is 0. The average Bonchev–Trinajstić information content (AvgIpc) is 3.16. The Kier molecular flexibility index (Phi) is 39.0. The maximum atomic E-state index is 12.8. The number of nitrogens with one attached hydrogen (secondary N) is 1. The first-order valence-corrected chi connectivity index (χ1v) is 23.1. The Morgan fingerprint density at radius 1 is 0.630 bits per heavy atom. The number of allylic oxidation sites excluding steroid dienone is 11. The van der Waals surface area contributed by atoms with E-state index in [-0.39, 0.29) is 25.7 Å². The maximum absolute atomic E-state index is 12.8. The Morgan fingerprint density at radius 2 is 1.09 bits per heavy atom. The average molecular weight is 777 g/mol. The molecule has 54 heavy (non-hydrogen) atoms. The molecule has 3 atom stereocenters. The van der Waals surface area contributed by atoms with Crippen molar-refractivity contribution in [2.45, 2.75) is 187 Å². The molecule has 0 heterocycles. The third kappa shape index (κ3) is 38.2. The fraction of sp³-hybridized carbons (Fsp3) is 0.711. The number of carbonyl (C=O) groups excluding carboxylic acids is 1. The third-order valence-corrected chi connectivity index (χ3v) is 10.0. The van der Waals surface area contributed by atoms with Gasteiger partial charge < -0.3 is 21.1 Å². The number of aliphatic hydroxyl groups excluding tert-OH is 1. The maximum Gasteiger partial charge on any atom is 0.472 e. The molecule has 0 saturated heterocycles. The molecule has 1 amide bonds. The zero-order chi connectivity index (χ0) is 39.6. The predicted molar refractivity (Wildman–Crippen MR) is 230 cm³/mol. The summed E-state index contributed by atoms with van der Waals surface area (Å²) in [5, 5.41) is 13.6. The summed E-state index contributed by atoms with van der Waals surface area (Å²) in [6.07, 6.45) is 52.3. The van der Waals surface area contributed by atoms with E-state index in [9.17, 15) is 19.4 Å². The van der Waals surface area contributed by atoms with Gasteiger partial charge in [-0.2, -0.15) is 0 Å². The smallest absolute Gasteiger partial charge is 0.387 e. The molecule has 0 fully saturated rings. The van der Waals surface area contributed by atoms with Crippen molar-refractivity contribution in [1.29, 1.82) is 0 Å². The molecule has 3 unspecified atom stereocenters. The molecule has 9 heteroatoms. The fourth-order valence-corrected chi connectivity index (χ4v) is 6.54. The topological polar surface area (TPSA) is 131 Å². The minimum atomic E-state index is -4.35. The van der Waals surface area contributed by atoms with Crippen molar-refractivity contribution < 1.29 is 28.4 Å². The van der Waals surface area contributed by atoms with Crippen molar-refractivity contribution in [2.24, 2.45) is 5.73 Å². The lowest BCUT2D eigenvalue weighted by Crippen LogP contribution is -2.45. The molecule has 8 nitrogen and oxygen atoms in total. The van der Waals surface area contributed by atoms with Crippen LogP contribution in [0.2, 0.25) is 0 Å². The minimum absolute atomic E-state index is 0.0679. The number of amides is 1. The van der Waals surface area contributed by atoms with Crippen molar-refractivity contribution >= 4 is 13.7 Å². The molecule has 0 aromatic rings. The van der Waals surface area contributed by atoms with Gasteiger partial charge in [0.1, 0.15) is 0 Å². The Hall–Kier alpha value is -2.06. The summed E-state index contributed by atoms with van der Waals surface area (Å²) in [4.78, 5) is 22.7. The number of carbonyl (C=O) groups is 1. The minimum Gasteiger partial charge on any atom is -0.387 e. The summed E-state index contributed by atoms with van der Waals surface area (Å²) < 4.78 is 22.1. The van der Waals surface area contributed by atoms with Gasteiger partial charge in [-0.1, -0.05) is 170 Å². The molecule has 0 aliphatic rings. The second-order valence-electron chi connectivity index (χ2n) is 14.2. The van der Waals surface area contributed by atoms with Crippen molar-refractivity contribution in [3.63, 3.8) is 0 Å². The molecule has 0 radical (unpaired) electrons. The lowest BCUT2D eigenvalue weighted by atomic mass is 10.1. The van der Waals surface area contributed by atoms with Crippen molar-refractivity contribution in [1.82, 2.24) is 5.32 Å². The van der Waals surface area contributed by atoms with E-state index in [1.165, 1.54) is 77.0 Å². The van der Waals surface area contributed by atoms with Crippen LogP contribution in [0, 0.1) is 0 Å². The van der Waals surface area contributed by atoms with Gasteiger partial charge in [-0.3, -0.25) is 13.8 Å². The van der Waals surface area contributed by atoms with E-state index in [1.54, 1.807) is 6.08 Å². The SMILES string of the molecule is CC/C=C\C/C=C\C/C=C\C/C=C\CCCCCCCCC(=O)NC(COP(=O)(O)OCCN)C(O)/C=C/CC/C=C/CCCCCCCCCCCC. The largest absolute Gasteiger partial charge is 0.472 e. The summed E-state index contributed by atoms with van der Waals surface area (Å²) in [5.74, 6) is -0.221. The second-order valence-corrected chi connectivity index (χ2v) is 15.6. The van der Waals surface area contributed by atoms with Gasteiger partial charge >= 0.3 is 7.82 Å². The van der Waals surface area contributed by atoms with Crippen LogP contribution < -0.4 is 11.1 Å². The van der Waals surface area contributed by atoms with Crippen LogP contribution >= 0.6 is 7.82 Å². The molecular formula is C45H81N2O6P. The normalized spacial score (nSPS) is 14.8. The third-order valence-electron chi connectivity index (χ3n) is 9.02. The van der Waals surface area contributed by atoms with Gasteiger partial charge in [0.05, 0.1) is 25.4 Å². The summed E-state index contributed by atoms with van der Waals surface area (Å²) in [7, 11) is -4.35. The number of hydrogen-bond donors (Lipinski definition) is 4. The molecule has 0 aliphatic heterocycles. The molecule has 0 aliphatic carbocycles. The van der Waals surface area contributed by atoms with Gasteiger partial charge in [-0.25, -0.2) is 4.57 Å². The molecule has 0 aromatic heterocycles.